The number of halogens is 12. The van der Waals surface area contributed by atoms with Gasteiger partial charge in [0.25, 0.3) is 0 Å². The van der Waals surface area contributed by atoms with Gasteiger partial charge in [-0.05, 0) is 0 Å². The van der Waals surface area contributed by atoms with Crippen LogP contribution in [0.15, 0.2) is 23.7 Å². The van der Waals surface area contributed by atoms with Crippen molar-refractivity contribution in [3.8, 4) is 0 Å². The molecule has 0 aromatic rings. The van der Waals surface area contributed by atoms with E-state index in [0.29, 0.717) is 0 Å². The minimum absolute atomic E-state index is 0. The van der Waals surface area contributed by atoms with E-state index in [-0.39, 0.29) is 17.1 Å². The molecular weight excluding hydrogens is 476 g/mol. The molecule has 161 valence electrons. The maximum Gasteiger partial charge on any atom is 2.00 e. The van der Waals surface area contributed by atoms with Gasteiger partial charge in [-0.25, -0.2) is 0 Å². The third-order valence-corrected chi connectivity index (χ3v) is 1.71. The Hall–Kier alpha value is -1.90. The third-order valence-electron chi connectivity index (χ3n) is 1.71. The predicted octanol–water partition coefficient (Wildman–Crippen LogP) is 4.19. The Morgan fingerprint density at radius 2 is 0.704 bits per heavy atom. The standard InChI is InChI=1S/2C5H2F6O2.Cu/c2*6-4(7,8)2(12)1-3(13)5(9,10)11;/h2*1,12H;/q;;+2/p+2/b2*2-1-;. The number of hydrogen-bond donors (Lipinski definition) is 2. The maximum absolute atomic E-state index is 11.4. The van der Waals surface area contributed by atoms with Crippen molar-refractivity contribution in [1.29, 1.82) is 0 Å². The van der Waals surface area contributed by atoms with Gasteiger partial charge in [-0.15, -0.1) is 0 Å². The molecule has 4 nitrogen and oxygen atoms in total. The minimum Gasteiger partial charge on any atom is -0.504 e. The number of carbonyl (C=O) groups excluding carboxylic acids is 2. The van der Waals surface area contributed by atoms with Crippen LogP contribution in [0, 0.1) is 0 Å². The Morgan fingerprint density at radius 1 is 0.519 bits per heavy atom. The summed E-state index contributed by atoms with van der Waals surface area (Å²) in [5, 5.41) is 15.9. The molecule has 27 heavy (non-hydrogen) atoms. The van der Waals surface area contributed by atoms with Gasteiger partial charge < -0.3 is 10.2 Å². The minimum atomic E-state index is -5.31. The van der Waals surface area contributed by atoms with Crippen LogP contribution in [0.4, 0.5) is 52.7 Å². The number of ketones is 2. The number of alkyl halides is 12. The summed E-state index contributed by atoms with van der Waals surface area (Å²) in [5.74, 6) is -10.0. The molecule has 0 saturated carbocycles. The monoisotopic (exact) mass is 481 g/mol. The number of allylic oxidation sites excluding steroid dienone is 4. The first-order valence-corrected chi connectivity index (χ1v) is 5.32. The van der Waals surface area contributed by atoms with Crippen molar-refractivity contribution in [2.75, 3.05) is 0 Å². The zero-order chi connectivity index (χ0) is 21.7. The molecule has 0 aliphatic rings. The van der Waals surface area contributed by atoms with Gasteiger partial charge in [-0.2, -0.15) is 52.7 Å². The van der Waals surface area contributed by atoms with Gasteiger partial charge in [0.15, 0.2) is 0 Å². The quantitative estimate of drug-likeness (QED) is 0.204. The molecule has 0 bridgehead atoms. The molecule has 0 aliphatic carbocycles. The first kappa shape index (κ1) is 29.8. The van der Waals surface area contributed by atoms with Gasteiger partial charge in [-0.3, -0.25) is 9.59 Å². The number of rotatable bonds is 2. The van der Waals surface area contributed by atoms with Crippen molar-refractivity contribution in [3.05, 3.63) is 23.7 Å². The van der Waals surface area contributed by atoms with Gasteiger partial charge in [-0.1, -0.05) is 0 Å². The largest absolute Gasteiger partial charge is 2.00 e. The van der Waals surface area contributed by atoms with Crippen LogP contribution in [0.5, 0.6) is 0 Å². The molecule has 0 atom stereocenters. The van der Waals surface area contributed by atoms with Crippen LogP contribution in [0.1, 0.15) is 0 Å². The first-order chi connectivity index (χ1) is 11.1. The smallest absolute Gasteiger partial charge is 0.504 e. The van der Waals surface area contributed by atoms with Crippen molar-refractivity contribution in [1.82, 2.24) is 0 Å². The van der Waals surface area contributed by atoms with Crippen LogP contribution in [0.3, 0.4) is 0 Å². The maximum atomic E-state index is 11.4. The molecule has 0 aliphatic heterocycles. The molecule has 0 amide bonds. The topological polar surface area (TPSA) is 83.3 Å². The van der Waals surface area contributed by atoms with E-state index in [9.17, 15) is 52.7 Å². The third kappa shape index (κ3) is 13.0. The molecule has 0 spiro atoms. The van der Waals surface area contributed by atoms with E-state index in [1.54, 1.807) is 0 Å². The van der Waals surface area contributed by atoms with Gasteiger partial charge in [0, 0.05) is 0 Å². The van der Waals surface area contributed by atoms with E-state index in [4.69, 9.17) is 19.8 Å². The molecule has 0 unspecified atom stereocenters. The summed E-state index contributed by atoms with van der Waals surface area (Å²) in [6.45, 7) is 0. The van der Waals surface area contributed by atoms with Crippen molar-refractivity contribution in [2.45, 2.75) is 24.7 Å². The molecule has 0 heterocycles. The van der Waals surface area contributed by atoms with Crippen LogP contribution in [-0.2, 0) is 17.1 Å². The summed E-state index contributed by atoms with van der Waals surface area (Å²) in [4.78, 5) is 15.9. The second kappa shape index (κ2) is 9.87. The number of aliphatic hydroxyl groups is 2. The van der Waals surface area contributed by atoms with Crippen molar-refractivity contribution < 1.29 is 89.6 Å². The normalized spacial score (nSPS) is 13.9. The summed E-state index contributed by atoms with van der Waals surface area (Å²) < 4.78 is 137. The van der Waals surface area contributed by atoms with Crippen molar-refractivity contribution >= 4 is 11.6 Å². The second-order valence-corrected chi connectivity index (χ2v) is 3.82. The summed E-state index contributed by atoms with van der Waals surface area (Å²) in [6, 6.07) is 0. The van der Waals surface area contributed by atoms with E-state index in [0.717, 1.165) is 0 Å². The van der Waals surface area contributed by atoms with E-state index < -0.39 is 59.9 Å². The van der Waals surface area contributed by atoms with Gasteiger partial charge >= 0.3 is 53.3 Å². The van der Waals surface area contributed by atoms with Crippen LogP contribution in [-0.4, -0.2) is 56.1 Å². The molecule has 17 heteroatoms. The van der Waals surface area contributed by atoms with Gasteiger partial charge in [0.1, 0.15) is 0 Å². The van der Waals surface area contributed by atoms with Crippen LogP contribution in [0.2, 0.25) is 0 Å². The Bertz CT molecular complexity index is 527. The van der Waals surface area contributed by atoms with E-state index in [1.165, 1.54) is 0 Å². The predicted molar refractivity (Wildman–Crippen MR) is 59.5 cm³/mol. The fourth-order valence-corrected chi connectivity index (χ4v) is 0.586. The molecule has 0 aromatic heterocycles. The SMILES string of the molecule is O/C(=C\C(=[OH+])C(F)(F)F)C(F)(F)F.O/C(=C\C(=[OH+])C(F)(F)F)C(F)(F)F.[Cu+2]. The van der Waals surface area contributed by atoms with Crippen LogP contribution in [0.25, 0.3) is 0 Å². The molecule has 1 radical (unpaired) electrons. The van der Waals surface area contributed by atoms with Crippen LogP contribution >= 0.6 is 0 Å². The van der Waals surface area contributed by atoms with E-state index >= 15 is 0 Å². The molecule has 0 fully saturated rings. The summed E-state index contributed by atoms with van der Waals surface area (Å²) in [6.07, 6.45) is -22.8. The first-order valence-electron chi connectivity index (χ1n) is 5.32. The number of hydrogen-bond acceptors (Lipinski definition) is 2. The molecule has 0 aromatic carbocycles. The Labute approximate surface area is 150 Å². The average molecular weight is 482 g/mol. The summed E-state index contributed by atoms with van der Waals surface area (Å²) in [5.41, 5.74) is 0. The van der Waals surface area contributed by atoms with Crippen molar-refractivity contribution in [2.24, 2.45) is 0 Å². The molecule has 4 N–H and O–H groups in total. The summed E-state index contributed by atoms with van der Waals surface area (Å²) in [7, 11) is 0. The zero-order valence-electron chi connectivity index (χ0n) is 11.8. The number of aliphatic hydroxyl groups excluding tert-OH is 2. The zero-order valence-corrected chi connectivity index (χ0v) is 12.7. The van der Waals surface area contributed by atoms with Crippen molar-refractivity contribution in [3.63, 3.8) is 0 Å². The fourth-order valence-electron chi connectivity index (χ4n) is 0.586. The Balaban J connectivity index is -0.000000411. The second-order valence-electron chi connectivity index (χ2n) is 3.82. The fraction of sp³-hybridized carbons (Fsp3) is 0.400. The van der Waals surface area contributed by atoms with Gasteiger partial charge in [0.2, 0.25) is 11.5 Å². The Kier molecular flexibility index (Phi) is 10.9. The average Bonchev–Trinajstić information content (AvgIpc) is 2.34. The van der Waals surface area contributed by atoms with E-state index in [1.807, 2.05) is 0 Å². The Morgan fingerprint density at radius 3 is 0.815 bits per heavy atom. The van der Waals surface area contributed by atoms with Gasteiger partial charge in [0.05, 0.1) is 12.2 Å². The molecule has 0 rings (SSSR count). The summed E-state index contributed by atoms with van der Waals surface area (Å²) >= 11 is 0. The van der Waals surface area contributed by atoms with E-state index in [2.05, 4.69) is 0 Å². The van der Waals surface area contributed by atoms with Crippen LogP contribution < -0.4 is 0 Å². The molecule has 0 saturated heterocycles. The molecular formula is C10H6CuF12O4+4.